The molecule has 0 radical (unpaired) electrons. The minimum absolute atomic E-state index is 0.0984. The van der Waals surface area contributed by atoms with Crippen molar-refractivity contribution in [2.24, 2.45) is 0 Å². The van der Waals surface area contributed by atoms with Crippen LogP contribution < -0.4 is 5.32 Å². The number of thioether (sulfide) groups is 1. The Hall–Kier alpha value is -2.80. The molecule has 116 valence electrons. The molecule has 3 aromatic rings. The maximum atomic E-state index is 11.8. The number of carbonyl (C=O) groups is 1. The van der Waals surface area contributed by atoms with E-state index in [0.717, 1.165) is 11.4 Å². The second-order valence-corrected chi connectivity index (χ2v) is 5.50. The molecular weight excluding hydrogens is 312 g/mol. The summed E-state index contributed by atoms with van der Waals surface area (Å²) in [4.78, 5) is 16.1. The SMILES string of the molecule is O=C(CSc1n[nH]c(/C=C/c2ccco2)n1)Nc1ccccc1. The summed E-state index contributed by atoms with van der Waals surface area (Å²) in [5.41, 5.74) is 0.773. The molecule has 0 aliphatic carbocycles. The highest BCUT2D eigenvalue weighted by atomic mass is 32.2. The van der Waals surface area contributed by atoms with Gasteiger partial charge in [0.15, 0.2) is 0 Å². The normalized spacial score (nSPS) is 11.0. The summed E-state index contributed by atoms with van der Waals surface area (Å²) in [5, 5.41) is 10.2. The number of hydrogen-bond acceptors (Lipinski definition) is 5. The Labute approximate surface area is 137 Å². The summed E-state index contributed by atoms with van der Waals surface area (Å²) in [5.74, 6) is 1.48. The van der Waals surface area contributed by atoms with Crippen LogP contribution in [0.1, 0.15) is 11.6 Å². The number of H-pyrrole nitrogens is 1. The largest absolute Gasteiger partial charge is 0.465 e. The summed E-state index contributed by atoms with van der Waals surface area (Å²) in [6.45, 7) is 0. The highest BCUT2D eigenvalue weighted by Crippen LogP contribution is 2.14. The maximum absolute atomic E-state index is 11.8. The van der Waals surface area contributed by atoms with E-state index in [4.69, 9.17) is 4.42 Å². The van der Waals surface area contributed by atoms with Crippen molar-refractivity contribution < 1.29 is 9.21 Å². The highest BCUT2D eigenvalue weighted by Gasteiger charge is 2.07. The first-order valence-electron chi connectivity index (χ1n) is 6.91. The van der Waals surface area contributed by atoms with Crippen LogP contribution in [0.5, 0.6) is 0 Å². The molecule has 0 unspecified atom stereocenters. The second-order valence-electron chi connectivity index (χ2n) is 4.55. The van der Waals surface area contributed by atoms with E-state index >= 15 is 0 Å². The third-order valence-electron chi connectivity index (χ3n) is 2.82. The van der Waals surface area contributed by atoms with Gasteiger partial charge in [0.2, 0.25) is 11.1 Å². The van der Waals surface area contributed by atoms with Crippen LogP contribution in [0.15, 0.2) is 58.3 Å². The summed E-state index contributed by atoms with van der Waals surface area (Å²) in [6, 6.07) is 13.0. The fraction of sp³-hybridized carbons (Fsp3) is 0.0625. The first-order valence-corrected chi connectivity index (χ1v) is 7.90. The standard InChI is InChI=1S/C16H14N4O2S/c21-15(17-12-5-2-1-3-6-12)11-23-16-18-14(19-20-16)9-8-13-7-4-10-22-13/h1-10H,11H2,(H,17,21)(H,18,19,20)/b9-8+. The quantitative estimate of drug-likeness (QED) is 0.679. The van der Waals surface area contributed by atoms with Crippen LogP contribution in [0.2, 0.25) is 0 Å². The van der Waals surface area contributed by atoms with Gasteiger partial charge in [-0.2, -0.15) is 0 Å². The lowest BCUT2D eigenvalue weighted by Gasteiger charge is -2.02. The van der Waals surface area contributed by atoms with Crippen molar-refractivity contribution in [3.63, 3.8) is 0 Å². The van der Waals surface area contributed by atoms with Crippen molar-refractivity contribution in [1.82, 2.24) is 15.2 Å². The first kappa shape index (κ1) is 15.1. The number of rotatable bonds is 6. The van der Waals surface area contributed by atoms with E-state index in [1.54, 1.807) is 18.4 Å². The third kappa shape index (κ3) is 4.58. The molecule has 1 amide bonds. The highest BCUT2D eigenvalue weighted by molar-refractivity contribution is 7.99. The minimum Gasteiger partial charge on any atom is -0.465 e. The van der Waals surface area contributed by atoms with E-state index in [9.17, 15) is 4.79 Å². The molecule has 3 rings (SSSR count). The fourth-order valence-electron chi connectivity index (χ4n) is 1.79. The zero-order chi connectivity index (χ0) is 15.9. The Kier molecular flexibility index (Phi) is 4.90. The zero-order valence-corrected chi connectivity index (χ0v) is 12.9. The van der Waals surface area contributed by atoms with Gasteiger partial charge in [0.25, 0.3) is 0 Å². The molecule has 0 bridgehead atoms. The molecule has 0 aliphatic rings. The van der Waals surface area contributed by atoms with Gasteiger partial charge in [-0.3, -0.25) is 9.89 Å². The number of hydrogen-bond donors (Lipinski definition) is 2. The number of amides is 1. The van der Waals surface area contributed by atoms with E-state index in [1.165, 1.54) is 11.8 Å². The van der Waals surface area contributed by atoms with Crippen LogP contribution in [0.25, 0.3) is 12.2 Å². The number of nitrogens with zero attached hydrogens (tertiary/aromatic N) is 2. The molecule has 0 fully saturated rings. The number of para-hydroxylation sites is 1. The number of anilines is 1. The van der Waals surface area contributed by atoms with Crippen LogP contribution in [0, 0.1) is 0 Å². The van der Waals surface area contributed by atoms with E-state index in [2.05, 4.69) is 20.5 Å². The van der Waals surface area contributed by atoms with Crippen molar-refractivity contribution in [2.45, 2.75) is 5.16 Å². The summed E-state index contributed by atoms with van der Waals surface area (Å²) >= 11 is 1.27. The molecule has 1 aromatic carbocycles. The summed E-state index contributed by atoms with van der Waals surface area (Å²) in [7, 11) is 0. The van der Waals surface area contributed by atoms with E-state index in [0.29, 0.717) is 11.0 Å². The van der Waals surface area contributed by atoms with Gasteiger partial charge in [0.1, 0.15) is 11.6 Å². The number of aromatic amines is 1. The van der Waals surface area contributed by atoms with Gasteiger partial charge >= 0.3 is 0 Å². The molecule has 2 aromatic heterocycles. The number of aromatic nitrogens is 3. The maximum Gasteiger partial charge on any atom is 0.234 e. The van der Waals surface area contributed by atoms with Gasteiger partial charge in [-0.15, -0.1) is 5.10 Å². The van der Waals surface area contributed by atoms with Gasteiger partial charge in [-0.25, -0.2) is 4.98 Å². The molecule has 0 saturated carbocycles. The van der Waals surface area contributed by atoms with E-state index in [-0.39, 0.29) is 11.7 Å². The Morgan fingerprint density at radius 2 is 2.09 bits per heavy atom. The molecule has 23 heavy (non-hydrogen) atoms. The predicted octanol–water partition coefficient (Wildman–Crippen LogP) is 3.30. The van der Waals surface area contributed by atoms with E-state index in [1.807, 2.05) is 42.5 Å². The molecule has 0 spiro atoms. The van der Waals surface area contributed by atoms with Crippen LogP contribution in [0.4, 0.5) is 5.69 Å². The Morgan fingerprint density at radius 1 is 1.22 bits per heavy atom. The number of furan rings is 1. The molecule has 7 heteroatoms. The van der Waals surface area contributed by atoms with Crippen LogP contribution in [-0.2, 0) is 4.79 Å². The fourth-order valence-corrected chi connectivity index (χ4v) is 2.40. The molecule has 2 heterocycles. The topological polar surface area (TPSA) is 83.8 Å². The monoisotopic (exact) mass is 326 g/mol. The van der Waals surface area contributed by atoms with Gasteiger partial charge in [0, 0.05) is 5.69 Å². The zero-order valence-electron chi connectivity index (χ0n) is 12.1. The summed E-state index contributed by atoms with van der Waals surface area (Å²) < 4.78 is 5.19. The van der Waals surface area contributed by atoms with Crippen molar-refractivity contribution in [2.75, 3.05) is 11.1 Å². The Balaban J connectivity index is 1.50. The first-order chi connectivity index (χ1) is 11.3. The Bertz CT molecular complexity index is 782. The van der Waals surface area contributed by atoms with Crippen molar-refractivity contribution in [1.29, 1.82) is 0 Å². The van der Waals surface area contributed by atoms with Gasteiger partial charge in [0.05, 0.1) is 12.0 Å². The average Bonchev–Trinajstić information content (AvgIpc) is 3.24. The molecule has 6 nitrogen and oxygen atoms in total. The lowest BCUT2D eigenvalue weighted by Crippen LogP contribution is -2.13. The van der Waals surface area contributed by atoms with Gasteiger partial charge < -0.3 is 9.73 Å². The lowest BCUT2D eigenvalue weighted by atomic mass is 10.3. The molecular formula is C16H14N4O2S. The molecule has 2 N–H and O–H groups in total. The molecule has 0 atom stereocenters. The second kappa shape index (κ2) is 7.46. The van der Waals surface area contributed by atoms with Gasteiger partial charge in [-0.05, 0) is 36.4 Å². The number of benzene rings is 1. The number of nitrogens with one attached hydrogen (secondary N) is 2. The van der Waals surface area contributed by atoms with Crippen molar-refractivity contribution in [3.8, 4) is 0 Å². The summed E-state index contributed by atoms with van der Waals surface area (Å²) in [6.07, 6.45) is 5.16. The average molecular weight is 326 g/mol. The minimum atomic E-state index is -0.0984. The van der Waals surface area contributed by atoms with Crippen LogP contribution >= 0.6 is 11.8 Å². The van der Waals surface area contributed by atoms with Crippen molar-refractivity contribution in [3.05, 3.63) is 60.3 Å². The third-order valence-corrected chi connectivity index (χ3v) is 3.67. The van der Waals surface area contributed by atoms with Crippen molar-refractivity contribution >= 4 is 35.5 Å². The van der Waals surface area contributed by atoms with Crippen LogP contribution in [0.3, 0.4) is 0 Å². The number of carbonyl (C=O) groups excluding carboxylic acids is 1. The smallest absolute Gasteiger partial charge is 0.234 e. The molecule has 0 aliphatic heterocycles. The van der Waals surface area contributed by atoms with Gasteiger partial charge in [-0.1, -0.05) is 30.0 Å². The Morgan fingerprint density at radius 3 is 2.87 bits per heavy atom. The lowest BCUT2D eigenvalue weighted by molar-refractivity contribution is -0.113. The predicted molar refractivity (Wildman–Crippen MR) is 89.8 cm³/mol. The van der Waals surface area contributed by atoms with Crippen LogP contribution in [-0.4, -0.2) is 26.8 Å². The molecule has 0 saturated heterocycles. The van der Waals surface area contributed by atoms with E-state index < -0.39 is 0 Å².